The zero-order valence-corrected chi connectivity index (χ0v) is 13.3. The molecule has 1 aromatic carbocycles. The molecule has 0 heterocycles. The topological polar surface area (TPSA) is 43.4 Å². The van der Waals surface area contributed by atoms with Crippen molar-refractivity contribution in [3.8, 4) is 0 Å². The highest BCUT2D eigenvalue weighted by Crippen LogP contribution is 2.28. The van der Waals surface area contributed by atoms with E-state index in [2.05, 4.69) is 27.7 Å². The molecule has 5 heteroatoms. The van der Waals surface area contributed by atoms with Crippen molar-refractivity contribution in [3.05, 3.63) is 29.8 Å². The fourth-order valence-electron chi connectivity index (χ4n) is 1.79. The first kappa shape index (κ1) is 16.5. The van der Waals surface area contributed by atoms with Crippen molar-refractivity contribution in [1.29, 1.82) is 0 Å². The molecule has 0 fully saturated rings. The smallest absolute Gasteiger partial charge is 0.261 e. The van der Waals surface area contributed by atoms with Crippen LogP contribution < -0.4 is 0 Å². The summed E-state index contributed by atoms with van der Waals surface area (Å²) in [6.07, 6.45) is -0.0329. The van der Waals surface area contributed by atoms with Crippen molar-refractivity contribution in [1.82, 2.24) is 0 Å². The molecule has 0 aliphatic rings. The van der Waals surface area contributed by atoms with Crippen LogP contribution in [0.2, 0.25) is 0 Å². The van der Waals surface area contributed by atoms with Gasteiger partial charge in [0.1, 0.15) is 0 Å². The number of rotatable bonds is 6. The van der Waals surface area contributed by atoms with Crippen molar-refractivity contribution >= 4 is 19.7 Å². The van der Waals surface area contributed by atoms with E-state index >= 15 is 0 Å². The van der Waals surface area contributed by atoms with Crippen molar-refractivity contribution < 1.29 is 13.2 Å². The zero-order valence-electron chi connectivity index (χ0n) is 11.8. The zero-order chi connectivity index (χ0) is 14.6. The van der Waals surface area contributed by atoms with Crippen molar-refractivity contribution in [2.45, 2.75) is 38.7 Å². The van der Waals surface area contributed by atoms with E-state index in [1.165, 1.54) is 12.1 Å². The van der Waals surface area contributed by atoms with E-state index in [9.17, 15) is 8.42 Å². The van der Waals surface area contributed by atoms with Gasteiger partial charge in [0.05, 0.1) is 11.0 Å². The highest BCUT2D eigenvalue weighted by Gasteiger charge is 2.18. The van der Waals surface area contributed by atoms with Gasteiger partial charge in [-0.1, -0.05) is 39.8 Å². The van der Waals surface area contributed by atoms with Crippen LogP contribution in [-0.2, 0) is 13.8 Å². The van der Waals surface area contributed by atoms with E-state index in [4.69, 9.17) is 15.4 Å². The molecule has 19 heavy (non-hydrogen) atoms. The number of halogens is 1. The molecule has 0 saturated heterocycles. The standard InChI is InChI=1S/C14H21ClO3S/c1-10(2)9-18-14(11(3)4)12-5-7-13(8-6-12)19(15,16)17/h5-8,10-11,14H,9H2,1-4H3/t14-/m1/s1. The van der Waals surface area contributed by atoms with Gasteiger partial charge in [0.25, 0.3) is 9.05 Å². The molecule has 0 aliphatic carbocycles. The minimum Gasteiger partial charge on any atom is -0.373 e. The SMILES string of the molecule is CC(C)CO[C@@H](c1ccc(S(=O)(=O)Cl)cc1)C(C)C. The van der Waals surface area contributed by atoms with Crippen LogP contribution >= 0.6 is 10.7 Å². The molecule has 0 aliphatic heterocycles. The number of hydrogen-bond acceptors (Lipinski definition) is 3. The first-order valence-corrected chi connectivity index (χ1v) is 8.69. The lowest BCUT2D eigenvalue weighted by molar-refractivity contribution is 0.00611. The maximum Gasteiger partial charge on any atom is 0.261 e. The van der Waals surface area contributed by atoms with Gasteiger partial charge in [0.2, 0.25) is 0 Å². The quantitative estimate of drug-likeness (QED) is 0.747. The summed E-state index contributed by atoms with van der Waals surface area (Å²) in [5.74, 6) is 0.779. The van der Waals surface area contributed by atoms with Crippen molar-refractivity contribution in [2.24, 2.45) is 11.8 Å². The molecule has 0 saturated carbocycles. The third kappa shape index (κ3) is 5.13. The van der Waals surface area contributed by atoms with E-state index < -0.39 is 9.05 Å². The monoisotopic (exact) mass is 304 g/mol. The summed E-state index contributed by atoms with van der Waals surface area (Å²) in [6.45, 7) is 9.04. The average molecular weight is 305 g/mol. The van der Waals surface area contributed by atoms with E-state index in [0.29, 0.717) is 18.4 Å². The average Bonchev–Trinajstić information content (AvgIpc) is 2.27. The fraction of sp³-hybridized carbons (Fsp3) is 0.571. The maximum absolute atomic E-state index is 11.2. The predicted molar refractivity (Wildman–Crippen MR) is 77.8 cm³/mol. The summed E-state index contributed by atoms with van der Waals surface area (Å²) in [5, 5.41) is 0. The first-order valence-electron chi connectivity index (χ1n) is 6.38. The minimum atomic E-state index is -3.66. The van der Waals surface area contributed by atoms with E-state index in [1.54, 1.807) is 12.1 Å². The Labute approximate surface area is 120 Å². The minimum absolute atomic E-state index is 0.0329. The largest absolute Gasteiger partial charge is 0.373 e. The number of benzene rings is 1. The molecule has 108 valence electrons. The van der Waals surface area contributed by atoms with Gasteiger partial charge in [0.15, 0.2) is 0 Å². The van der Waals surface area contributed by atoms with Crippen LogP contribution in [0, 0.1) is 11.8 Å². The Balaban J connectivity index is 2.92. The summed E-state index contributed by atoms with van der Waals surface area (Å²) >= 11 is 0. The van der Waals surface area contributed by atoms with Crippen molar-refractivity contribution in [2.75, 3.05) is 6.61 Å². The maximum atomic E-state index is 11.2. The molecule has 0 aromatic heterocycles. The first-order chi connectivity index (χ1) is 8.71. The van der Waals surface area contributed by atoms with Crippen LogP contribution in [0.4, 0.5) is 0 Å². The second-order valence-electron chi connectivity index (χ2n) is 5.40. The lowest BCUT2D eigenvalue weighted by Crippen LogP contribution is -2.14. The molecule has 1 aromatic rings. The summed E-state index contributed by atoms with van der Waals surface area (Å²) in [4.78, 5) is 0.115. The van der Waals surface area contributed by atoms with E-state index in [-0.39, 0.29) is 11.0 Å². The Kier molecular flexibility index (Phi) is 5.83. The lowest BCUT2D eigenvalue weighted by Gasteiger charge is -2.23. The highest BCUT2D eigenvalue weighted by molar-refractivity contribution is 8.13. The van der Waals surface area contributed by atoms with Gasteiger partial charge in [-0.3, -0.25) is 0 Å². The molecule has 3 nitrogen and oxygen atoms in total. The lowest BCUT2D eigenvalue weighted by atomic mass is 9.99. The van der Waals surface area contributed by atoms with Crippen LogP contribution in [0.5, 0.6) is 0 Å². The molecule has 0 bridgehead atoms. The fourth-order valence-corrected chi connectivity index (χ4v) is 2.56. The molecule has 0 radical (unpaired) electrons. The van der Waals surface area contributed by atoms with Gasteiger partial charge in [-0.2, -0.15) is 0 Å². The van der Waals surface area contributed by atoms with Crippen LogP contribution in [0.1, 0.15) is 39.4 Å². The van der Waals surface area contributed by atoms with Gasteiger partial charge in [-0.25, -0.2) is 8.42 Å². The Morgan fingerprint density at radius 2 is 1.63 bits per heavy atom. The molecule has 0 N–H and O–H groups in total. The molecule has 0 amide bonds. The van der Waals surface area contributed by atoms with Crippen LogP contribution in [0.15, 0.2) is 29.2 Å². The Morgan fingerprint density at radius 3 is 2.00 bits per heavy atom. The number of hydrogen-bond donors (Lipinski definition) is 0. The normalized spacial score (nSPS) is 14.1. The van der Waals surface area contributed by atoms with Crippen LogP contribution in [-0.4, -0.2) is 15.0 Å². The molecular weight excluding hydrogens is 284 g/mol. The van der Waals surface area contributed by atoms with Gasteiger partial charge in [0, 0.05) is 17.3 Å². The van der Waals surface area contributed by atoms with Gasteiger partial charge >= 0.3 is 0 Å². The summed E-state index contributed by atoms with van der Waals surface area (Å²) < 4.78 is 28.3. The van der Waals surface area contributed by atoms with Crippen molar-refractivity contribution in [3.63, 3.8) is 0 Å². The third-order valence-electron chi connectivity index (χ3n) is 2.70. The van der Waals surface area contributed by atoms with Crippen LogP contribution in [0.25, 0.3) is 0 Å². The second-order valence-corrected chi connectivity index (χ2v) is 7.96. The summed E-state index contributed by atoms with van der Waals surface area (Å²) in [7, 11) is 1.64. The van der Waals surface area contributed by atoms with Gasteiger partial charge in [-0.05, 0) is 29.5 Å². The van der Waals surface area contributed by atoms with Crippen LogP contribution in [0.3, 0.4) is 0 Å². The molecule has 1 atom stereocenters. The molecule has 1 rings (SSSR count). The Bertz CT molecular complexity index is 492. The summed E-state index contributed by atoms with van der Waals surface area (Å²) in [5.41, 5.74) is 0.972. The Morgan fingerprint density at radius 1 is 1.11 bits per heavy atom. The molecule has 0 spiro atoms. The van der Waals surface area contributed by atoms with Gasteiger partial charge in [-0.15, -0.1) is 0 Å². The van der Waals surface area contributed by atoms with E-state index in [0.717, 1.165) is 5.56 Å². The van der Waals surface area contributed by atoms with Gasteiger partial charge < -0.3 is 4.74 Å². The second kappa shape index (κ2) is 6.73. The Hall–Kier alpha value is -0.580. The molecule has 0 unspecified atom stereocenters. The highest BCUT2D eigenvalue weighted by atomic mass is 35.7. The van der Waals surface area contributed by atoms with E-state index in [1.807, 2.05) is 0 Å². The summed E-state index contributed by atoms with van der Waals surface area (Å²) in [6, 6.07) is 6.57. The predicted octanol–water partition coefficient (Wildman–Crippen LogP) is 3.98. The molecular formula is C14H21ClO3S. The number of ether oxygens (including phenoxy) is 1. The third-order valence-corrected chi connectivity index (χ3v) is 4.07.